The summed E-state index contributed by atoms with van der Waals surface area (Å²) in [7, 11) is 0. The van der Waals surface area contributed by atoms with Gasteiger partial charge in [0, 0.05) is 5.92 Å². The van der Waals surface area contributed by atoms with E-state index in [4.69, 9.17) is 5.73 Å². The van der Waals surface area contributed by atoms with Gasteiger partial charge in [0.15, 0.2) is 0 Å². The van der Waals surface area contributed by atoms with E-state index in [1.54, 1.807) is 16.8 Å². The number of nitriles is 1. The maximum Gasteiger partial charge on any atom is 0.140 e. The first-order valence-electron chi connectivity index (χ1n) is 7.19. The third-order valence-corrected chi connectivity index (χ3v) is 4.12. The molecule has 4 nitrogen and oxygen atoms in total. The summed E-state index contributed by atoms with van der Waals surface area (Å²) in [5.41, 5.74) is 8.31. The van der Waals surface area contributed by atoms with Gasteiger partial charge in [0.05, 0.1) is 12.2 Å². The van der Waals surface area contributed by atoms with Gasteiger partial charge < -0.3 is 5.73 Å². The van der Waals surface area contributed by atoms with Gasteiger partial charge in [-0.3, -0.25) is 0 Å². The molecule has 0 unspecified atom stereocenters. The largest absolute Gasteiger partial charge is 0.383 e. The molecule has 1 heterocycles. The van der Waals surface area contributed by atoms with E-state index in [0.29, 0.717) is 23.8 Å². The predicted octanol–water partition coefficient (Wildman–Crippen LogP) is 3.18. The Morgan fingerprint density at radius 1 is 1.29 bits per heavy atom. The smallest absolute Gasteiger partial charge is 0.140 e. The number of hydrogen-bond donors (Lipinski definition) is 1. The highest BCUT2D eigenvalue weighted by atomic mass is 19.1. The van der Waals surface area contributed by atoms with Gasteiger partial charge in [-0.1, -0.05) is 25.0 Å². The summed E-state index contributed by atoms with van der Waals surface area (Å²) < 4.78 is 14.6. The molecule has 21 heavy (non-hydrogen) atoms. The lowest BCUT2D eigenvalue weighted by molar-refractivity contribution is 0.620. The van der Waals surface area contributed by atoms with E-state index >= 15 is 0 Å². The van der Waals surface area contributed by atoms with Crippen molar-refractivity contribution in [3.8, 4) is 6.07 Å². The molecular formula is C16H17FN4. The summed E-state index contributed by atoms with van der Waals surface area (Å²) in [4.78, 5) is 0. The van der Waals surface area contributed by atoms with Gasteiger partial charge >= 0.3 is 0 Å². The van der Waals surface area contributed by atoms with Crippen LogP contribution in [0.25, 0.3) is 0 Å². The van der Waals surface area contributed by atoms with Crippen LogP contribution in [0.3, 0.4) is 0 Å². The summed E-state index contributed by atoms with van der Waals surface area (Å²) in [6, 6.07) is 8.43. The quantitative estimate of drug-likeness (QED) is 0.941. The van der Waals surface area contributed by atoms with Gasteiger partial charge in [0.1, 0.15) is 23.3 Å². The van der Waals surface area contributed by atoms with Crippen LogP contribution in [0.4, 0.5) is 10.2 Å². The number of anilines is 1. The third kappa shape index (κ3) is 2.62. The molecular weight excluding hydrogens is 267 g/mol. The molecule has 0 spiro atoms. The number of benzene rings is 1. The molecule has 0 bridgehead atoms. The van der Waals surface area contributed by atoms with E-state index < -0.39 is 0 Å². The first-order chi connectivity index (χ1) is 10.2. The third-order valence-electron chi connectivity index (χ3n) is 4.12. The molecule has 0 aliphatic heterocycles. The lowest BCUT2D eigenvalue weighted by Crippen LogP contribution is -2.06. The Labute approximate surface area is 123 Å². The van der Waals surface area contributed by atoms with Crippen molar-refractivity contribution in [2.45, 2.75) is 38.1 Å². The van der Waals surface area contributed by atoms with Crippen LogP contribution in [-0.4, -0.2) is 9.78 Å². The van der Waals surface area contributed by atoms with Gasteiger partial charge in [-0.25, -0.2) is 9.07 Å². The monoisotopic (exact) mass is 284 g/mol. The Kier molecular flexibility index (Phi) is 3.61. The number of aromatic nitrogens is 2. The number of nitrogens with zero attached hydrogens (tertiary/aromatic N) is 3. The molecule has 5 heteroatoms. The average molecular weight is 284 g/mol. The number of rotatable bonds is 3. The first-order valence-corrected chi connectivity index (χ1v) is 7.19. The van der Waals surface area contributed by atoms with Crippen LogP contribution in [-0.2, 0) is 6.54 Å². The second kappa shape index (κ2) is 5.57. The molecule has 1 aliphatic rings. The van der Waals surface area contributed by atoms with Crippen molar-refractivity contribution in [2.24, 2.45) is 0 Å². The summed E-state index contributed by atoms with van der Waals surface area (Å²) >= 11 is 0. The molecule has 0 radical (unpaired) electrons. The number of halogens is 1. The lowest BCUT2D eigenvalue weighted by atomic mass is 10.0. The van der Waals surface area contributed by atoms with Crippen molar-refractivity contribution < 1.29 is 4.39 Å². The van der Waals surface area contributed by atoms with Crippen LogP contribution >= 0.6 is 0 Å². The van der Waals surface area contributed by atoms with Crippen LogP contribution in [0.2, 0.25) is 0 Å². The zero-order chi connectivity index (χ0) is 14.8. The summed E-state index contributed by atoms with van der Waals surface area (Å²) in [5.74, 6) is 0.483. The highest BCUT2D eigenvalue weighted by molar-refractivity contribution is 5.53. The predicted molar refractivity (Wildman–Crippen MR) is 78.1 cm³/mol. The van der Waals surface area contributed by atoms with E-state index in [1.807, 2.05) is 0 Å². The second-order valence-electron chi connectivity index (χ2n) is 5.52. The molecule has 0 saturated heterocycles. The number of hydrogen-bond acceptors (Lipinski definition) is 3. The van der Waals surface area contributed by atoms with Crippen molar-refractivity contribution in [2.75, 3.05) is 5.73 Å². The Hall–Kier alpha value is -2.35. The molecule has 2 aromatic rings. The van der Waals surface area contributed by atoms with Crippen molar-refractivity contribution >= 4 is 5.82 Å². The Balaban J connectivity index is 1.92. The van der Waals surface area contributed by atoms with E-state index in [1.165, 1.54) is 25.0 Å². The molecule has 1 aromatic carbocycles. The van der Waals surface area contributed by atoms with Crippen molar-refractivity contribution in [3.05, 3.63) is 46.9 Å². The molecule has 1 aromatic heterocycles. The fraction of sp³-hybridized carbons (Fsp3) is 0.375. The van der Waals surface area contributed by atoms with Gasteiger partial charge in [-0.2, -0.15) is 10.4 Å². The van der Waals surface area contributed by atoms with E-state index in [2.05, 4.69) is 11.2 Å². The molecule has 1 aliphatic carbocycles. The van der Waals surface area contributed by atoms with E-state index in [9.17, 15) is 9.65 Å². The average Bonchev–Trinajstić information content (AvgIpc) is 3.10. The molecule has 0 amide bonds. The maximum absolute atomic E-state index is 12.9. The summed E-state index contributed by atoms with van der Waals surface area (Å²) in [6.07, 6.45) is 4.50. The zero-order valence-corrected chi connectivity index (χ0v) is 11.7. The zero-order valence-electron chi connectivity index (χ0n) is 11.7. The molecule has 0 atom stereocenters. The topological polar surface area (TPSA) is 67.6 Å². The lowest BCUT2D eigenvalue weighted by Gasteiger charge is -2.05. The SMILES string of the molecule is N#Cc1c(C2CCCC2)nn(Cc2ccc(F)cc2)c1N. The highest BCUT2D eigenvalue weighted by Crippen LogP contribution is 2.36. The highest BCUT2D eigenvalue weighted by Gasteiger charge is 2.26. The maximum atomic E-state index is 12.9. The normalized spacial score (nSPS) is 15.2. The Morgan fingerprint density at radius 3 is 2.57 bits per heavy atom. The minimum atomic E-state index is -0.267. The van der Waals surface area contributed by atoms with Gasteiger partial charge in [0.25, 0.3) is 0 Å². The fourth-order valence-electron chi connectivity index (χ4n) is 2.98. The van der Waals surface area contributed by atoms with Crippen LogP contribution in [0.15, 0.2) is 24.3 Å². The van der Waals surface area contributed by atoms with Crippen LogP contribution in [0.5, 0.6) is 0 Å². The minimum Gasteiger partial charge on any atom is -0.383 e. The van der Waals surface area contributed by atoms with Gasteiger partial charge in [-0.15, -0.1) is 0 Å². The molecule has 108 valence electrons. The van der Waals surface area contributed by atoms with Crippen LogP contribution in [0.1, 0.15) is 48.4 Å². The summed E-state index contributed by atoms with van der Waals surface area (Å²) in [5, 5.41) is 13.9. The number of nitrogen functional groups attached to an aromatic ring is 1. The molecule has 1 fully saturated rings. The van der Waals surface area contributed by atoms with E-state index in [-0.39, 0.29) is 5.82 Å². The molecule has 2 N–H and O–H groups in total. The van der Waals surface area contributed by atoms with Crippen LogP contribution in [0, 0.1) is 17.1 Å². The second-order valence-corrected chi connectivity index (χ2v) is 5.52. The van der Waals surface area contributed by atoms with Crippen molar-refractivity contribution in [1.29, 1.82) is 5.26 Å². The number of nitrogens with two attached hydrogens (primary N) is 1. The minimum absolute atomic E-state index is 0.267. The van der Waals surface area contributed by atoms with Crippen molar-refractivity contribution in [1.82, 2.24) is 9.78 Å². The van der Waals surface area contributed by atoms with Gasteiger partial charge in [-0.05, 0) is 30.5 Å². The standard InChI is InChI=1S/C16H17FN4/c17-13-7-5-11(6-8-13)10-21-16(19)14(9-18)15(20-21)12-3-1-2-4-12/h5-8,12H,1-4,10,19H2. The molecule has 1 saturated carbocycles. The van der Waals surface area contributed by atoms with Gasteiger partial charge in [0.2, 0.25) is 0 Å². The van der Waals surface area contributed by atoms with Crippen molar-refractivity contribution in [3.63, 3.8) is 0 Å². The first kappa shape index (κ1) is 13.6. The summed E-state index contributed by atoms with van der Waals surface area (Å²) in [6.45, 7) is 0.452. The van der Waals surface area contributed by atoms with E-state index in [0.717, 1.165) is 24.1 Å². The van der Waals surface area contributed by atoms with Crippen LogP contribution < -0.4 is 5.73 Å². The Bertz CT molecular complexity index is 676. The Morgan fingerprint density at radius 2 is 1.95 bits per heavy atom. The fourth-order valence-corrected chi connectivity index (χ4v) is 2.98. The molecule has 3 rings (SSSR count).